The number of aryl methyl sites for hydroxylation is 1. The van der Waals surface area contributed by atoms with Crippen LogP contribution in [0.1, 0.15) is 30.9 Å². The molecule has 1 aliphatic rings. The zero-order valence-corrected chi connectivity index (χ0v) is 11.4. The number of aliphatic carboxylic acids is 1. The van der Waals surface area contributed by atoms with Crippen LogP contribution in [0.4, 0.5) is 0 Å². The van der Waals surface area contributed by atoms with Gasteiger partial charge in [0.05, 0.1) is 12.5 Å². The minimum atomic E-state index is -0.811. The Hall–Kier alpha value is -1.55. The van der Waals surface area contributed by atoms with Crippen molar-refractivity contribution in [3.63, 3.8) is 0 Å². The fourth-order valence-electron chi connectivity index (χ4n) is 2.70. The Morgan fingerprint density at radius 2 is 2.11 bits per heavy atom. The minimum absolute atomic E-state index is 0.500. The van der Waals surface area contributed by atoms with Gasteiger partial charge in [-0.1, -0.05) is 19.1 Å². The summed E-state index contributed by atoms with van der Waals surface area (Å²) in [7, 11) is 1.63. The molecule has 1 fully saturated rings. The van der Waals surface area contributed by atoms with E-state index in [0.29, 0.717) is 26.1 Å². The van der Waals surface area contributed by atoms with Crippen molar-refractivity contribution in [2.75, 3.05) is 20.3 Å². The van der Waals surface area contributed by atoms with Crippen molar-refractivity contribution >= 4 is 5.97 Å². The third-order valence-corrected chi connectivity index (χ3v) is 3.97. The van der Waals surface area contributed by atoms with Gasteiger partial charge in [0.1, 0.15) is 5.75 Å². The first-order valence-corrected chi connectivity index (χ1v) is 6.62. The molecule has 0 atom stereocenters. The lowest BCUT2D eigenvalue weighted by molar-refractivity contribution is -0.147. The highest BCUT2D eigenvalue weighted by Gasteiger charge is 2.42. The third kappa shape index (κ3) is 2.45. The summed E-state index contributed by atoms with van der Waals surface area (Å²) in [4.78, 5) is 11.7. The second-order valence-electron chi connectivity index (χ2n) is 4.88. The highest BCUT2D eigenvalue weighted by Crippen LogP contribution is 2.37. The second kappa shape index (κ2) is 5.61. The van der Waals surface area contributed by atoms with Crippen molar-refractivity contribution in [2.45, 2.75) is 31.6 Å². The normalized spacial score (nSPS) is 18.0. The van der Waals surface area contributed by atoms with Gasteiger partial charge in [-0.2, -0.15) is 0 Å². The fourth-order valence-corrected chi connectivity index (χ4v) is 2.70. The van der Waals surface area contributed by atoms with E-state index in [1.807, 2.05) is 25.1 Å². The number of methoxy groups -OCH3 is 1. The largest absolute Gasteiger partial charge is 0.496 e. The van der Waals surface area contributed by atoms with Gasteiger partial charge in [0.25, 0.3) is 0 Å². The number of rotatable bonds is 4. The van der Waals surface area contributed by atoms with E-state index >= 15 is 0 Å². The molecule has 1 heterocycles. The Morgan fingerprint density at radius 3 is 2.63 bits per heavy atom. The van der Waals surface area contributed by atoms with Crippen molar-refractivity contribution in [2.24, 2.45) is 0 Å². The standard InChI is InChI=1S/C15H20O4/c1-3-11-10-12(4-5-13(11)18-2)15(14(16)17)6-8-19-9-7-15/h4-5,10H,3,6-9H2,1-2H3,(H,16,17). The molecule has 0 spiro atoms. The molecule has 0 amide bonds. The van der Waals surface area contributed by atoms with Crippen LogP contribution in [0.15, 0.2) is 18.2 Å². The highest BCUT2D eigenvalue weighted by atomic mass is 16.5. The average molecular weight is 264 g/mol. The molecule has 4 nitrogen and oxygen atoms in total. The molecule has 19 heavy (non-hydrogen) atoms. The van der Waals surface area contributed by atoms with E-state index in [9.17, 15) is 9.90 Å². The summed E-state index contributed by atoms with van der Waals surface area (Å²) >= 11 is 0. The van der Waals surface area contributed by atoms with Crippen LogP contribution in [0.2, 0.25) is 0 Å². The predicted molar refractivity (Wildman–Crippen MR) is 71.7 cm³/mol. The van der Waals surface area contributed by atoms with Gasteiger partial charge in [0, 0.05) is 13.2 Å². The Kier molecular flexibility index (Phi) is 4.10. The summed E-state index contributed by atoms with van der Waals surface area (Å²) < 4.78 is 10.6. The van der Waals surface area contributed by atoms with Gasteiger partial charge in [-0.05, 0) is 36.5 Å². The molecule has 1 saturated heterocycles. The lowest BCUT2D eigenvalue weighted by atomic mass is 9.73. The van der Waals surface area contributed by atoms with E-state index < -0.39 is 11.4 Å². The van der Waals surface area contributed by atoms with Gasteiger partial charge in [-0.25, -0.2) is 0 Å². The molecule has 0 unspecified atom stereocenters. The maximum Gasteiger partial charge on any atom is 0.314 e. The lowest BCUT2D eigenvalue weighted by Crippen LogP contribution is -2.41. The molecular formula is C15H20O4. The summed E-state index contributed by atoms with van der Waals surface area (Å²) in [5, 5.41) is 9.65. The van der Waals surface area contributed by atoms with E-state index in [1.54, 1.807) is 7.11 Å². The van der Waals surface area contributed by atoms with Crippen LogP contribution in [0.5, 0.6) is 5.75 Å². The smallest absolute Gasteiger partial charge is 0.314 e. The van der Waals surface area contributed by atoms with Crippen molar-refractivity contribution in [3.05, 3.63) is 29.3 Å². The zero-order valence-electron chi connectivity index (χ0n) is 11.4. The first kappa shape index (κ1) is 13.9. The number of carbonyl (C=O) groups is 1. The monoisotopic (exact) mass is 264 g/mol. The van der Waals surface area contributed by atoms with Crippen molar-refractivity contribution in [1.29, 1.82) is 0 Å². The Bertz CT molecular complexity index is 461. The van der Waals surface area contributed by atoms with Crippen LogP contribution in [-0.4, -0.2) is 31.4 Å². The van der Waals surface area contributed by atoms with Crippen molar-refractivity contribution < 1.29 is 19.4 Å². The molecule has 1 aliphatic heterocycles. The summed E-state index contributed by atoms with van der Waals surface area (Å²) in [5.41, 5.74) is 1.10. The van der Waals surface area contributed by atoms with E-state index in [-0.39, 0.29) is 0 Å². The van der Waals surface area contributed by atoms with Gasteiger partial charge in [-0.15, -0.1) is 0 Å². The number of ether oxygens (including phenoxy) is 2. The average Bonchev–Trinajstić information content (AvgIpc) is 2.47. The highest BCUT2D eigenvalue weighted by molar-refractivity contribution is 5.81. The van der Waals surface area contributed by atoms with Gasteiger partial charge < -0.3 is 14.6 Å². The van der Waals surface area contributed by atoms with E-state index in [0.717, 1.165) is 23.3 Å². The van der Waals surface area contributed by atoms with Gasteiger partial charge in [-0.3, -0.25) is 4.79 Å². The molecule has 0 radical (unpaired) electrons. The Morgan fingerprint density at radius 1 is 1.42 bits per heavy atom. The molecule has 1 aromatic rings. The molecule has 1 aromatic carbocycles. The van der Waals surface area contributed by atoms with E-state index in [2.05, 4.69) is 0 Å². The molecule has 0 aromatic heterocycles. The van der Waals surface area contributed by atoms with Gasteiger partial charge >= 0.3 is 5.97 Å². The molecule has 104 valence electrons. The van der Waals surface area contributed by atoms with Gasteiger partial charge in [0.15, 0.2) is 0 Å². The van der Waals surface area contributed by atoms with Gasteiger partial charge in [0.2, 0.25) is 0 Å². The fraction of sp³-hybridized carbons (Fsp3) is 0.533. The molecular weight excluding hydrogens is 244 g/mol. The van der Waals surface area contributed by atoms with Crippen LogP contribution >= 0.6 is 0 Å². The third-order valence-electron chi connectivity index (χ3n) is 3.97. The van der Waals surface area contributed by atoms with E-state index in [1.165, 1.54) is 0 Å². The maximum absolute atomic E-state index is 11.7. The minimum Gasteiger partial charge on any atom is -0.496 e. The molecule has 0 saturated carbocycles. The first-order chi connectivity index (χ1) is 9.14. The molecule has 4 heteroatoms. The Labute approximate surface area is 113 Å². The van der Waals surface area contributed by atoms with Crippen LogP contribution in [0.25, 0.3) is 0 Å². The first-order valence-electron chi connectivity index (χ1n) is 6.62. The number of carboxylic acids is 1. The van der Waals surface area contributed by atoms with Crippen LogP contribution < -0.4 is 4.74 Å². The van der Waals surface area contributed by atoms with Crippen molar-refractivity contribution in [3.8, 4) is 5.75 Å². The van der Waals surface area contributed by atoms with E-state index in [4.69, 9.17) is 9.47 Å². The lowest BCUT2D eigenvalue weighted by Gasteiger charge is -2.34. The summed E-state index contributed by atoms with van der Waals surface area (Å²) in [6, 6.07) is 5.71. The quantitative estimate of drug-likeness (QED) is 0.907. The zero-order chi connectivity index (χ0) is 13.9. The number of carboxylic acid groups (broad SMARTS) is 1. The van der Waals surface area contributed by atoms with Crippen LogP contribution in [-0.2, 0) is 21.4 Å². The van der Waals surface area contributed by atoms with Crippen molar-refractivity contribution in [1.82, 2.24) is 0 Å². The predicted octanol–water partition coefficient (Wildman–Crippen LogP) is 2.39. The summed E-state index contributed by atoms with van der Waals surface area (Å²) in [6.07, 6.45) is 1.87. The number of hydrogen-bond acceptors (Lipinski definition) is 3. The SMILES string of the molecule is CCc1cc(C2(C(=O)O)CCOCC2)ccc1OC. The summed E-state index contributed by atoms with van der Waals surface area (Å²) in [6.45, 7) is 3.04. The molecule has 2 rings (SSSR count). The molecule has 0 aliphatic carbocycles. The molecule has 1 N–H and O–H groups in total. The maximum atomic E-state index is 11.7. The number of benzene rings is 1. The molecule has 0 bridgehead atoms. The van der Waals surface area contributed by atoms with Crippen LogP contribution in [0.3, 0.4) is 0 Å². The summed E-state index contributed by atoms with van der Waals surface area (Å²) in [5.74, 6) is 0.0573. The van der Waals surface area contributed by atoms with Crippen LogP contribution in [0, 0.1) is 0 Å². The topological polar surface area (TPSA) is 55.8 Å². The Balaban J connectivity index is 2.45. The number of hydrogen-bond donors (Lipinski definition) is 1. The second-order valence-corrected chi connectivity index (χ2v) is 4.88.